The first-order valence-electron chi connectivity index (χ1n) is 4.70. The number of nitrogens with two attached hydrogens (primary N) is 1. The zero-order valence-electron chi connectivity index (χ0n) is 9.04. The Balaban J connectivity index is 3.55. The highest BCUT2D eigenvalue weighted by atomic mass is 16.6. The van der Waals surface area contributed by atoms with Crippen molar-refractivity contribution in [1.29, 1.82) is 0 Å². The Morgan fingerprint density at radius 3 is 2.57 bits per heavy atom. The van der Waals surface area contributed by atoms with Gasteiger partial charge in [-0.1, -0.05) is 0 Å². The summed E-state index contributed by atoms with van der Waals surface area (Å²) in [5.41, 5.74) is 4.71. The molecule has 0 bridgehead atoms. The Morgan fingerprint density at radius 2 is 2.14 bits per heavy atom. The van der Waals surface area contributed by atoms with Crippen molar-refractivity contribution >= 4 is 6.09 Å². The normalized spacial score (nSPS) is 13.5. The van der Waals surface area contributed by atoms with Crippen LogP contribution in [0.3, 0.4) is 0 Å². The molecule has 0 fully saturated rings. The van der Waals surface area contributed by atoms with Crippen molar-refractivity contribution in [3.8, 4) is 0 Å². The number of alkyl carbamates (subject to hydrolysis) is 1. The Bertz CT molecular complexity index is 177. The van der Waals surface area contributed by atoms with Crippen molar-refractivity contribution in [3.05, 3.63) is 0 Å². The molecule has 1 amide bonds. The number of hydrogen-bond donors (Lipinski definition) is 3. The Morgan fingerprint density at radius 1 is 1.57 bits per heavy atom. The minimum absolute atomic E-state index is 0.204. The van der Waals surface area contributed by atoms with E-state index in [2.05, 4.69) is 5.32 Å². The summed E-state index contributed by atoms with van der Waals surface area (Å²) in [7, 11) is 0. The maximum absolute atomic E-state index is 11.1. The van der Waals surface area contributed by atoms with Crippen molar-refractivity contribution in [3.63, 3.8) is 0 Å². The summed E-state index contributed by atoms with van der Waals surface area (Å²) in [4.78, 5) is 11.1. The van der Waals surface area contributed by atoms with Gasteiger partial charge in [-0.05, 0) is 27.2 Å². The van der Waals surface area contributed by atoms with Gasteiger partial charge in [0.15, 0.2) is 0 Å². The Kier molecular flexibility index (Phi) is 5.49. The lowest BCUT2D eigenvalue weighted by molar-refractivity contribution is 0.0519. The van der Waals surface area contributed by atoms with E-state index >= 15 is 0 Å². The number of aliphatic hydroxyl groups excluding tert-OH is 1. The molecule has 0 aromatic rings. The third kappa shape index (κ3) is 7.82. The standard InChI is InChI=1S/C9H20N2O3/c1-9(2,3)14-8(13)11-5-4-7(12)6-10/h7,12H,4-6,10H2,1-3H3,(H,11,13). The highest BCUT2D eigenvalue weighted by Gasteiger charge is 2.15. The van der Waals surface area contributed by atoms with Gasteiger partial charge >= 0.3 is 6.09 Å². The second-order valence-corrected chi connectivity index (χ2v) is 4.11. The van der Waals surface area contributed by atoms with Gasteiger partial charge in [0.1, 0.15) is 5.60 Å². The maximum Gasteiger partial charge on any atom is 0.407 e. The SMILES string of the molecule is CC(C)(C)OC(=O)NCCC(O)CN. The molecule has 0 aliphatic rings. The van der Waals surface area contributed by atoms with Gasteiger partial charge in [-0.3, -0.25) is 0 Å². The first kappa shape index (κ1) is 13.2. The molecule has 5 heteroatoms. The van der Waals surface area contributed by atoms with E-state index in [1.54, 1.807) is 20.8 Å². The predicted molar refractivity (Wildman–Crippen MR) is 53.9 cm³/mol. The number of ether oxygens (including phenoxy) is 1. The van der Waals surface area contributed by atoms with Crippen molar-refractivity contribution in [2.75, 3.05) is 13.1 Å². The summed E-state index contributed by atoms with van der Waals surface area (Å²) in [5, 5.41) is 11.6. The number of nitrogens with one attached hydrogen (secondary N) is 1. The van der Waals surface area contributed by atoms with E-state index in [0.29, 0.717) is 13.0 Å². The average Bonchev–Trinajstić information content (AvgIpc) is 2.00. The van der Waals surface area contributed by atoms with Crippen molar-refractivity contribution in [2.45, 2.75) is 38.9 Å². The zero-order chi connectivity index (χ0) is 11.2. The molecule has 4 N–H and O–H groups in total. The molecule has 0 aliphatic heterocycles. The number of carbonyl (C=O) groups excluding carboxylic acids is 1. The fourth-order valence-electron chi connectivity index (χ4n) is 0.773. The van der Waals surface area contributed by atoms with E-state index in [-0.39, 0.29) is 6.54 Å². The molecule has 0 aliphatic carbocycles. The van der Waals surface area contributed by atoms with Gasteiger partial charge in [0, 0.05) is 13.1 Å². The van der Waals surface area contributed by atoms with Crippen LogP contribution in [0.5, 0.6) is 0 Å². The lowest BCUT2D eigenvalue weighted by Gasteiger charge is -2.19. The summed E-state index contributed by atoms with van der Waals surface area (Å²) in [6.07, 6.45) is -0.595. The summed E-state index contributed by atoms with van der Waals surface area (Å²) in [5.74, 6) is 0. The van der Waals surface area contributed by atoms with Crippen molar-refractivity contribution in [2.24, 2.45) is 5.73 Å². The molecule has 0 radical (unpaired) electrons. The molecule has 1 atom stereocenters. The van der Waals surface area contributed by atoms with Crippen LogP contribution >= 0.6 is 0 Å². The smallest absolute Gasteiger partial charge is 0.407 e. The molecule has 0 aromatic carbocycles. The molecule has 1 unspecified atom stereocenters. The quantitative estimate of drug-likeness (QED) is 0.611. The first-order chi connectivity index (χ1) is 6.35. The van der Waals surface area contributed by atoms with Crippen LogP contribution in [0, 0.1) is 0 Å². The van der Waals surface area contributed by atoms with Crippen LogP contribution in [0.15, 0.2) is 0 Å². The van der Waals surface area contributed by atoms with E-state index in [4.69, 9.17) is 15.6 Å². The van der Waals surface area contributed by atoms with Crippen LogP contribution in [-0.4, -0.2) is 36.0 Å². The monoisotopic (exact) mass is 204 g/mol. The summed E-state index contributed by atoms with van der Waals surface area (Å²) < 4.78 is 4.99. The third-order valence-corrected chi connectivity index (χ3v) is 1.42. The highest BCUT2D eigenvalue weighted by molar-refractivity contribution is 5.67. The predicted octanol–water partition coefficient (Wildman–Crippen LogP) is 0.221. The second kappa shape index (κ2) is 5.82. The zero-order valence-corrected chi connectivity index (χ0v) is 9.04. The van der Waals surface area contributed by atoms with Crippen molar-refractivity contribution < 1.29 is 14.6 Å². The van der Waals surface area contributed by atoms with E-state index in [9.17, 15) is 4.79 Å². The van der Waals surface area contributed by atoms with Crippen LogP contribution in [0.4, 0.5) is 4.79 Å². The van der Waals surface area contributed by atoms with E-state index in [1.807, 2.05) is 0 Å². The van der Waals surface area contributed by atoms with Crippen LogP contribution in [0.25, 0.3) is 0 Å². The van der Waals surface area contributed by atoms with Gasteiger partial charge in [-0.15, -0.1) is 0 Å². The van der Waals surface area contributed by atoms with Crippen LogP contribution < -0.4 is 11.1 Å². The topological polar surface area (TPSA) is 84.6 Å². The second-order valence-electron chi connectivity index (χ2n) is 4.11. The van der Waals surface area contributed by atoms with Crippen LogP contribution in [-0.2, 0) is 4.74 Å². The first-order valence-corrected chi connectivity index (χ1v) is 4.70. The summed E-state index contributed by atoms with van der Waals surface area (Å²) in [6, 6.07) is 0. The number of carbonyl (C=O) groups is 1. The third-order valence-electron chi connectivity index (χ3n) is 1.42. The number of hydrogen-bond acceptors (Lipinski definition) is 4. The molecule has 0 heterocycles. The number of aliphatic hydroxyl groups is 1. The van der Waals surface area contributed by atoms with Gasteiger partial charge < -0.3 is 20.9 Å². The molecule has 5 nitrogen and oxygen atoms in total. The minimum Gasteiger partial charge on any atom is -0.444 e. The highest BCUT2D eigenvalue weighted by Crippen LogP contribution is 2.06. The molecule has 0 aromatic heterocycles. The average molecular weight is 204 g/mol. The van der Waals surface area contributed by atoms with Gasteiger partial charge in [0.2, 0.25) is 0 Å². The van der Waals surface area contributed by atoms with Crippen molar-refractivity contribution in [1.82, 2.24) is 5.32 Å². The Hall–Kier alpha value is -0.810. The summed E-state index contributed by atoms with van der Waals surface area (Å²) in [6.45, 7) is 5.95. The lowest BCUT2D eigenvalue weighted by atomic mass is 10.2. The van der Waals surface area contributed by atoms with Gasteiger partial charge in [-0.25, -0.2) is 4.79 Å². The molecule has 0 saturated carbocycles. The fourth-order valence-corrected chi connectivity index (χ4v) is 0.773. The minimum atomic E-state index is -0.565. The van der Waals surface area contributed by atoms with E-state index in [1.165, 1.54) is 0 Å². The van der Waals surface area contributed by atoms with Gasteiger partial charge in [0.25, 0.3) is 0 Å². The largest absolute Gasteiger partial charge is 0.444 e. The fraction of sp³-hybridized carbons (Fsp3) is 0.889. The summed E-state index contributed by atoms with van der Waals surface area (Å²) >= 11 is 0. The number of rotatable bonds is 4. The maximum atomic E-state index is 11.1. The molecule has 0 rings (SSSR count). The molecular formula is C9H20N2O3. The van der Waals surface area contributed by atoms with Gasteiger partial charge in [-0.2, -0.15) is 0 Å². The van der Waals surface area contributed by atoms with Gasteiger partial charge in [0.05, 0.1) is 6.10 Å². The van der Waals surface area contributed by atoms with Crippen LogP contribution in [0.2, 0.25) is 0 Å². The molecule has 14 heavy (non-hydrogen) atoms. The number of amides is 1. The van der Waals surface area contributed by atoms with Crippen LogP contribution in [0.1, 0.15) is 27.2 Å². The lowest BCUT2D eigenvalue weighted by Crippen LogP contribution is -2.34. The molecule has 84 valence electrons. The molecular weight excluding hydrogens is 184 g/mol. The van der Waals surface area contributed by atoms with E-state index in [0.717, 1.165) is 0 Å². The molecule has 0 spiro atoms. The molecule has 0 saturated heterocycles. The Labute approximate surface area is 84.6 Å². The van der Waals surface area contributed by atoms with E-state index < -0.39 is 17.8 Å².